The molecular weight excluding hydrogens is 337 g/mol. The van der Waals surface area contributed by atoms with Gasteiger partial charge in [0.25, 0.3) is 0 Å². The van der Waals surface area contributed by atoms with Crippen molar-refractivity contribution in [3.63, 3.8) is 0 Å². The fraction of sp³-hybridized carbons (Fsp3) is 0.188. The molecule has 2 aromatic carbocycles. The van der Waals surface area contributed by atoms with Gasteiger partial charge in [0.2, 0.25) is 0 Å². The van der Waals surface area contributed by atoms with Gasteiger partial charge in [-0.25, -0.2) is 4.39 Å². The van der Waals surface area contributed by atoms with Gasteiger partial charge in [-0.05, 0) is 29.3 Å². The smallest absolute Gasteiger partial charge is 0.307 e. The second-order valence-corrected chi connectivity index (χ2v) is 5.59. The second kappa shape index (κ2) is 7.33. The van der Waals surface area contributed by atoms with Crippen LogP contribution in [0, 0.1) is 5.82 Å². The number of aliphatic carboxylic acids is 1. The molecule has 2 rings (SSSR count). The van der Waals surface area contributed by atoms with E-state index in [1.54, 1.807) is 18.2 Å². The molecule has 0 fully saturated rings. The topological polar surface area (TPSA) is 49.3 Å². The van der Waals surface area contributed by atoms with E-state index < -0.39 is 5.97 Å². The highest BCUT2D eigenvalue weighted by molar-refractivity contribution is 9.10. The molecule has 2 N–H and O–H groups in total. The van der Waals surface area contributed by atoms with Gasteiger partial charge in [0.1, 0.15) is 5.82 Å². The van der Waals surface area contributed by atoms with Crippen LogP contribution in [0.15, 0.2) is 46.9 Å². The highest BCUT2D eigenvalue weighted by Crippen LogP contribution is 2.16. The third kappa shape index (κ3) is 4.65. The maximum Gasteiger partial charge on any atom is 0.307 e. The zero-order chi connectivity index (χ0) is 15.2. The highest BCUT2D eigenvalue weighted by atomic mass is 79.9. The SMILES string of the molecule is O=C(O)Cc1ccccc1CNCc1cc(Br)ccc1F. The lowest BCUT2D eigenvalue weighted by molar-refractivity contribution is -0.136. The van der Waals surface area contributed by atoms with Gasteiger partial charge in [0.15, 0.2) is 0 Å². The Morgan fingerprint density at radius 3 is 2.48 bits per heavy atom. The van der Waals surface area contributed by atoms with E-state index in [1.165, 1.54) is 6.07 Å². The molecule has 0 aliphatic rings. The van der Waals surface area contributed by atoms with Crippen LogP contribution < -0.4 is 5.32 Å². The van der Waals surface area contributed by atoms with E-state index in [1.807, 2.05) is 18.2 Å². The first-order valence-corrected chi connectivity index (χ1v) is 7.29. The Morgan fingerprint density at radius 2 is 1.76 bits per heavy atom. The van der Waals surface area contributed by atoms with Crippen molar-refractivity contribution in [2.75, 3.05) is 0 Å². The number of nitrogens with one attached hydrogen (secondary N) is 1. The maximum absolute atomic E-state index is 13.6. The first kappa shape index (κ1) is 15.7. The minimum absolute atomic E-state index is 0.0108. The van der Waals surface area contributed by atoms with Crippen molar-refractivity contribution >= 4 is 21.9 Å². The average molecular weight is 352 g/mol. The largest absolute Gasteiger partial charge is 0.481 e. The summed E-state index contributed by atoms with van der Waals surface area (Å²) in [5, 5.41) is 12.0. The lowest BCUT2D eigenvalue weighted by Gasteiger charge is -2.10. The standard InChI is InChI=1S/C16H15BrFNO2/c17-14-5-6-15(18)13(7-14)10-19-9-12-4-2-1-3-11(12)8-16(20)21/h1-7,19H,8-10H2,(H,20,21). The van der Waals surface area contributed by atoms with E-state index in [4.69, 9.17) is 5.11 Å². The summed E-state index contributed by atoms with van der Waals surface area (Å²) in [6, 6.07) is 12.1. The molecule has 0 atom stereocenters. The van der Waals surface area contributed by atoms with Crippen LogP contribution in [0.3, 0.4) is 0 Å². The molecule has 0 unspecified atom stereocenters. The summed E-state index contributed by atoms with van der Waals surface area (Å²) >= 11 is 3.31. The van der Waals surface area contributed by atoms with Crippen LogP contribution in [-0.4, -0.2) is 11.1 Å². The molecular formula is C16H15BrFNO2. The number of carboxylic acids is 1. The molecule has 0 heterocycles. The summed E-state index contributed by atoms with van der Waals surface area (Å²) in [4.78, 5) is 10.8. The Hall–Kier alpha value is -1.72. The summed E-state index contributed by atoms with van der Waals surface area (Å²) in [7, 11) is 0. The van der Waals surface area contributed by atoms with E-state index in [2.05, 4.69) is 21.2 Å². The predicted octanol–water partition coefficient (Wildman–Crippen LogP) is 3.51. The van der Waals surface area contributed by atoms with Gasteiger partial charge < -0.3 is 10.4 Å². The number of halogens is 2. The maximum atomic E-state index is 13.6. The van der Waals surface area contributed by atoms with Crippen molar-refractivity contribution < 1.29 is 14.3 Å². The van der Waals surface area contributed by atoms with Crippen molar-refractivity contribution in [1.29, 1.82) is 0 Å². The molecule has 0 aromatic heterocycles. The molecule has 0 amide bonds. The molecule has 21 heavy (non-hydrogen) atoms. The van der Waals surface area contributed by atoms with Gasteiger partial charge in [-0.2, -0.15) is 0 Å². The minimum atomic E-state index is -0.861. The van der Waals surface area contributed by atoms with Crippen molar-refractivity contribution in [2.45, 2.75) is 19.5 Å². The van der Waals surface area contributed by atoms with Crippen LogP contribution in [-0.2, 0) is 24.3 Å². The Kier molecular flexibility index (Phi) is 5.47. The van der Waals surface area contributed by atoms with E-state index in [0.29, 0.717) is 18.7 Å². The van der Waals surface area contributed by atoms with Gasteiger partial charge in [-0.1, -0.05) is 40.2 Å². The first-order chi connectivity index (χ1) is 10.1. The average Bonchev–Trinajstić information content (AvgIpc) is 2.44. The number of hydrogen-bond acceptors (Lipinski definition) is 2. The Labute approximate surface area is 130 Å². The molecule has 3 nitrogen and oxygen atoms in total. The fourth-order valence-corrected chi connectivity index (χ4v) is 2.48. The fourth-order valence-electron chi connectivity index (χ4n) is 2.08. The summed E-state index contributed by atoms with van der Waals surface area (Å²) in [6.45, 7) is 0.877. The van der Waals surface area contributed by atoms with Crippen molar-refractivity contribution in [3.8, 4) is 0 Å². The molecule has 0 radical (unpaired) electrons. The number of benzene rings is 2. The summed E-state index contributed by atoms with van der Waals surface area (Å²) in [5.41, 5.74) is 2.25. The quantitative estimate of drug-likeness (QED) is 0.837. The third-order valence-corrected chi connectivity index (χ3v) is 3.59. The first-order valence-electron chi connectivity index (χ1n) is 6.49. The Balaban J connectivity index is 2.00. The third-order valence-electron chi connectivity index (χ3n) is 3.10. The Morgan fingerprint density at radius 1 is 1.10 bits per heavy atom. The molecule has 5 heteroatoms. The van der Waals surface area contributed by atoms with Crippen LogP contribution in [0.4, 0.5) is 4.39 Å². The van der Waals surface area contributed by atoms with Crippen LogP contribution in [0.1, 0.15) is 16.7 Å². The van der Waals surface area contributed by atoms with E-state index >= 15 is 0 Å². The van der Waals surface area contributed by atoms with Gasteiger partial charge in [0.05, 0.1) is 6.42 Å². The lowest BCUT2D eigenvalue weighted by atomic mass is 10.0. The van der Waals surface area contributed by atoms with Gasteiger partial charge >= 0.3 is 5.97 Å². The molecule has 0 spiro atoms. The van der Waals surface area contributed by atoms with E-state index in [-0.39, 0.29) is 12.2 Å². The number of rotatable bonds is 6. The summed E-state index contributed by atoms with van der Waals surface area (Å²) < 4.78 is 14.4. The second-order valence-electron chi connectivity index (χ2n) is 4.68. The molecule has 0 bridgehead atoms. The predicted molar refractivity (Wildman–Crippen MR) is 82.4 cm³/mol. The normalized spacial score (nSPS) is 10.6. The Bertz CT molecular complexity index is 646. The monoisotopic (exact) mass is 351 g/mol. The molecule has 2 aromatic rings. The van der Waals surface area contributed by atoms with E-state index in [9.17, 15) is 9.18 Å². The van der Waals surface area contributed by atoms with E-state index in [0.717, 1.165) is 15.6 Å². The van der Waals surface area contributed by atoms with Crippen molar-refractivity contribution in [3.05, 3.63) is 69.4 Å². The summed E-state index contributed by atoms with van der Waals surface area (Å²) in [6.07, 6.45) is -0.0108. The molecule has 0 saturated carbocycles. The number of carboxylic acid groups (broad SMARTS) is 1. The zero-order valence-electron chi connectivity index (χ0n) is 11.3. The molecule has 0 aliphatic heterocycles. The zero-order valence-corrected chi connectivity index (χ0v) is 12.9. The van der Waals surface area contributed by atoms with Crippen molar-refractivity contribution in [2.24, 2.45) is 0 Å². The highest BCUT2D eigenvalue weighted by Gasteiger charge is 2.07. The molecule has 110 valence electrons. The van der Waals surface area contributed by atoms with Crippen molar-refractivity contribution in [1.82, 2.24) is 5.32 Å². The number of carbonyl (C=O) groups is 1. The van der Waals surface area contributed by atoms with Gasteiger partial charge in [-0.15, -0.1) is 0 Å². The molecule has 0 aliphatic carbocycles. The minimum Gasteiger partial charge on any atom is -0.481 e. The van der Waals surface area contributed by atoms with Gasteiger partial charge in [-0.3, -0.25) is 4.79 Å². The summed E-state index contributed by atoms with van der Waals surface area (Å²) in [5.74, 6) is -1.12. The number of hydrogen-bond donors (Lipinski definition) is 2. The van der Waals surface area contributed by atoms with Crippen LogP contribution in [0.25, 0.3) is 0 Å². The van der Waals surface area contributed by atoms with Crippen LogP contribution in [0.2, 0.25) is 0 Å². The van der Waals surface area contributed by atoms with Crippen LogP contribution >= 0.6 is 15.9 Å². The molecule has 0 saturated heterocycles. The van der Waals surface area contributed by atoms with Gasteiger partial charge in [0, 0.05) is 23.1 Å². The lowest BCUT2D eigenvalue weighted by Crippen LogP contribution is -2.16. The van der Waals surface area contributed by atoms with Crippen LogP contribution in [0.5, 0.6) is 0 Å².